The maximum atomic E-state index is 11.0. The van der Waals surface area contributed by atoms with E-state index in [-0.39, 0.29) is 5.91 Å². The number of aromatic nitrogens is 2. The first-order valence-electron chi connectivity index (χ1n) is 16.1. The second kappa shape index (κ2) is 21.9. The van der Waals surface area contributed by atoms with Gasteiger partial charge in [0.25, 0.3) is 0 Å². The van der Waals surface area contributed by atoms with Crippen LogP contribution in [0.1, 0.15) is 109 Å². The fourth-order valence-corrected chi connectivity index (χ4v) is 5.51. The van der Waals surface area contributed by atoms with Crippen molar-refractivity contribution in [2.75, 3.05) is 18.1 Å². The summed E-state index contributed by atoms with van der Waals surface area (Å²) < 4.78 is 0.957. The number of hydrogen-bond donors (Lipinski definition) is 3. The van der Waals surface area contributed by atoms with Crippen molar-refractivity contribution in [2.24, 2.45) is 28.5 Å². The first-order valence-corrected chi connectivity index (χ1v) is 17.6. The third kappa shape index (κ3) is 14.4. The molecule has 1 amide bonds. The minimum Gasteiger partial charge on any atom is -0.404 e. The Bertz CT molecular complexity index is 1240. The molecule has 0 bridgehead atoms. The van der Waals surface area contributed by atoms with Crippen molar-refractivity contribution < 1.29 is 4.79 Å². The summed E-state index contributed by atoms with van der Waals surface area (Å²) in [6, 6.07) is 3.89. The van der Waals surface area contributed by atoms with Gasteiger partial charge in [-0.05, 0) is 66.5 Å². The number of anilines is 2. The molecule has 3 rings (SSSR count). The van der Waals surface area contributed by atoms with E-state index in [2.05, 4.69) is 82.7 Å². The number of halogens is 1. The van der Waals surface area contributed by atoms with Crippen molar-refractivity contribution in [3.8, 4) is 0 Å². The Kier molecular flexibility index (Phi) is 19.5. The Morgan fingerprint density at radius 2 is 1.84 bits per heavy atom. The summed E-state index contributed by atoms with van der Waals surface area (Å²) >= 11 is 2.35. The number of hydrogen-bond acceptors (Lipinski definition) is 6. The molecule has 2 atom stereocenters. The number of unbranched alkanes of at least 4 members (excludes halogenated alkanes) is 2. The zero-order chi connectivity index (χ0) is 33.1. The summed E-state index contributed by atoms with van der Waals surface area (Å²) in [5.41, 5.74) is 18.9. The zero-order valence-corrected chi connectivity index (χ0v) is 30.6. The van der Waals surface area contributed by atoms with Crippen molar-refractivity contribution in [1.29, 1.82) is 0 Å². The average Bonchev–Trinajstić information content (AvgIpc) is 3.42. The first kappa shape index (κ1) is 39.3. The van der Waals surface area contributed by atoms with Gasteiger partial charge in [-0.15, -0.1) is 0 Å². The number of nitrogen functional groups attached to an aromatic ring is 1. The highest BCUT2D eigenvalue weighted by Gasteiger charge is 2.22. The maximum absolute atomic E-state index is 11.0. The van der Waals surface area contributed by atoms with E-state index < -0.39 is 0 Å². The van der Waals surface area contributed by atoms with Gasteiger partial charge in [0.2, 0.25) is 5.91 Å². The molecule has 0 aliphatic heterocycles. The summed E-state index contributed by atoms with van der Waals surface area (Å²) in [4.78, 5) is 23.6. The number of nitrogens with one attached hydrogen (secondary N) is 1. The largest absolute Gasteiger partial charge is 0.404 e. The summed E-state index contributed by atoms with van der Waals surface area (Å²) in [7, 11) is 1.75. The molecule has 0 saturated heterocycles. The molecule has 0 aromatic carbocycles. The number of carbonyl (C=O) groups is 1. The van der Waals surface area contributed by atoms with Crippen molar-refractivity contribution >= 4 is 52.2 Å². The van der Waals surface area contributed by atoms with Crippen molar-refractivity contribution in [1.82, 2.24) is 9.97 Å². The Labute approximate surface area is 281 Å². The quantitative estimate of drug-likeness (QED) is 0.0705. The van der Waals surface area contributed by atoms with E-state index in [4.69, 9.17) is 11.5 Å². The fourth-order valence-electron chi connectivity index (χ4n) is 5.09. The van der Waals surface area contributed by atoms with Crippen LogP contribution in [0.25, 0.3) is 6.08 Å². The Morgan fingerprint density at radius 3 is 2.36 bits per heavy atom. The van der Waals surface area contributed by atoms with Crippen LogP contribution >= 0.6 is 22.6 Å². The van der Waals surface area contributed by atoms with Gasteiger partial charge in [0, 0.05) is 47.8 Å². The molecule has 5 N–H and O–H groups in total. The van der Waals surface area contributed by atoms with Crippen LogP contribution in [0, 0.1) is 31.6 Å². The number of rotatable bonds is 11. The van der Waals surface area contributed by atoms with Crippen LogP contribution in [0.4, 0.5) is 11.4 Å². The van der Waals surface area contributed by atoms with Crippen LogP contribution in [0.2, 0.25) is 0 Å². The number of aryl methyl sites for hydroxylation is 2. The van der Waals surface area contributed by atoms with Crippen LogP contribution in [-0.4, -0.2) is 29.1 Å². The summed E-state index contributed by atoms with van der Waals surface area (Å²) in [5.74, 6) is 2.45. The number of alkyl halides is 1. The molecule has 244 valence electrons. The third-order valence-corrected chi connectivity index (χ3v) is 8.88. The molecule has 0 radical (unpaired) electrons. The Hall–Kier alpha value is -2.75. The molecule has 2 unspecified atom stereocenters. The molecule has 44 heavy (non-hydrogen) atoms. The predicted octanol–water partition coefficient (Wildman–Crippen LogP) is 9.23. The predicted molar refractivity (Wildman–Crippen MR) is 199 cm³/mol. The molecule has 1 saturated carbocycles. The molecule has 7 nitrogen and oxygen atoms in total. The van der Waals surface area contributed by atoms with E-state index in [0.717, 1.165) is 38.8 Å². The maximum Gasteiger partial charge on any atom is 0.224 e. The second-order valence-corrected chi connectivity index (χ2v) is 12.6. The molecule has 1 aliphatic carbocycles. The van der Waals surface area contributed by atoms with E-state index in [1.165, 1.54) is 56.1 Å². The average molecular weight is 717 g/mol. The minimum atomic E-state index is -0.0370. The van der Waals surface area contributed by atoms with Crippen LogP contribution in [0.3, 0.4) is 0 Å². The van der Waals surface area contributed by atoms with Gasteiger partial charge in [0.15, 0.2) is 0 Å². The van der Waals surface area contributed by atoms with E-state index in [0.29, 0.717) is 23.7 Å². The highest BCUT2D eigenvalue weighted by molar-refractivity contribution is 14.1. The lowest BCUT2D eigenvalue weighted by Gasteiger charge is -2.13. The fraction of sp³-hybridized carbons (Fsp3) is 0.556. The van der Waals surface area contributed by atoms with Crippen LogP contribution in [0.5, 0.6) is 0 Å². The highest BCUT2D eigenvalue weighted by atomic mass is 127. The lowest BCUT2D eigenvalue weighted by Crippen LogP contribution is -2.10. The van der Waals surface area contributed by atoms with Gasteiger partial charge in [-0.1, -0.05) is 102 Å². The second-order valence-electron chi connectivity index (χ2n) is 11.9. The molecule has 2 aromatic rings. The van der Waals surface area contributed by atoms with E-state index in [9.17, 15) is 4.79 Å². The number of carbonyl (C=O) groups excluding carboxylic acids is 1. The minimum absolute atomic E-state index is 0.0370. The van der Waals surface area contributed by atoms with E-state index in [1.54, 1.807) is 38.6 Å². The summed E-state index contributed by atoms with van der Waals surface area (Å²) in [5, 5.41) is 2.68. The standard InChI is InChI=1S/C16H22IN3.C11H22.C9H13N3O/c1-11(2)16(15(8-18)10-19-4)6-14-5-13(7-17)9-20-12(14)3;1-3-4-5-8-11-9-6-7-10(11)2;1-3-9(13)12-7-4-8(10)6(2)11-5-7/h5-6,8-11H,7,18H2,1-4H3;10-11H,3-9H2,1-2H3;4-5H,3,10H2,1-2H3,(H,12,13)/b15-8+,16-6+,19-10?;;. The monoisotopic (exact) mass is 716 g/mol. The van der Waals surface area contributed by atoms with Gasteiger partial charge in [-0.2, -0.15) is 0 Å². The van der Waals surface area contributed by atoms with Crippen LogP contribution < -0.4 is 16.8 Å². The van der Waals surface area contributed by atoms with E-state index >= 15 is 0 Å². The normalized spacial score (nSPS) is 16.8. The molecule has 2 aromatic heterocycles. The van der Waals surface area contributed by atoms with Gasteiger partial charge in [0.1, 0.15) is 0 Å². The number of nitrogens with two attached hydrogens (primary N) is 2. The lowest BCUT2D eigenvalue weighted by molar-refractivity contribution is -0.115. The van der Waals surface area contributed by atoms with Crippen molar-refractivity contribution in [3.63, 3.8) is 0 Å². The third-order valence-electron chi connectivity index (χ3n) is 8.00. The first-order chi connectivity index (χ1) is 21.0. The molecule has 0 spiro atoms. The van der Waals surface area contributed by atoms with Gasteiger partial charge in [0.05, 0.1) is 23.3 Å². The van der Waals surface area contributed by atoms with Gasteiger partial charge >= 0.3 is 0 Å². The smallest absolute Gasteiger partial charge is 0.224 e. The number of aliphatic imine (C=N–C) groups is 1. The molecular weight excluding hydrogens is 659 g/mol. The van der Waals surface area contributed by atoms with Gasteiger partial charge in [-0.25, -0.2) is 0 Å². The summed E-state index contributed by atoms with van der Waals surface area (Å²) in [6.07, 6.45) is 19.9. The molecule has 1 fully saturated rings. The summed E-state index contributed by atoms with van der Waals surface area (Å²) in [6.45, 7) is 14.7. The zero-order valence-electron chi connectivity index (χ0n) is 28.4. The molecule has 8 heteroatoms. The molecule has 1 aliphatic rings. The Morgan fingerprint density at radius 1 is 1.14 bits per heavy atom. The SMILES string of the molecule is CCC(=O)Nc1cnc(C)c(N)c1.CCCCCC1CCCC1C.CN=CC(=C\N)/C(=C/c1cc(CI)cnc1C)C(C)C. The van der Waals surface area contributed by atoms with Crippen molar-refractivity contribution in [3.05, 3.63) is 64.4 Å². The number of nitrogens with zero attached hydrogens (tertiary/aromatic N) is 3. The molecule has 2 heterocycles. The van der Waals surface area contributed by atoms with E-state index in [1.807, 2.05) is 20.0 Å². The van der Waals surface area contributed by atoms with Gasteiger partial charge in [-0.3, -0.25) is 19.8 Å². The number of amides is 1. The van der Waals surface area contributed by atoms with Crippen LogP contribution in [0.15, 0.2) is 46.9 Å². The topological polar surface area (TPSA) is 119 Å². The highest BCUT2D eigenvalue weighted by Crippen LogP contribution is 2.34. The van der Waals surface area contributed by atoms with Gasteiger partial charge < -0.3 is 16.8 Å². The van der Waals surface area contributed by atoms with Crippen molar-refractivity contribution in [2.45, 2.75) is 104 Å². The number of allylic oxidation sites excluding steroid dienone is 2. The number of pyridine rings is 2. The lowest BCUT2D eigenvalue weighted by atomic mass is 9.92. The van der Waals surface area contributed by atoms with Crippen LogP contribution in [-0.2, 0) is 9.22 Å². The molecular formula is C36H57IN6O. The Balaban J connectivity index is 0.000000349.